The first kappa shape index (κ1) is 11.2. The van der Waals surface area contributed by atoms with Crippen molar-refractivity contribution in [2.75, 3.05) is 0 Å². The third-order valence-corrected chi connectivity index (χ3v) is 3.49. The van der Waals surface area contributed by atoms with Gasteiger partial charge in [-0.05, 0) is 23.3 Å². The Kier molecular flexibility index (Phi) is 2.56. The Morgan fingerprint density at radius 2 is 1.50 bits per heavy atom. The lowest BCUT2D eigenvalue weighted by molar-refractivity contribution is 0.105. The molecule has 0 atom stereocenters. The fourth-order valence-corrected chi connectivity index (χ4v) is 2.57. The van der Waals surface area contributed by atoms with E-state index in [4.69, 9.17) is 0 Å². The first-order chi connectivity index (χ1) is 8.68. The summed E-state index contributed by atoms with van der Waals surface area (Å²) in [4.78, 5) is 12.9. The van der Waals surface area contributed by atoms with Gasteiger partial charge in [-0.25, -0.2) is 4.39 Å². The normalized spacial score (nSPS) is 14.0. The van der Waals surface area contributed by atoms with Crippen LogP contribution in [0.15, 0.2) is 48.5 Å². The van der Waals surface area contributed by atoms with Crippen LogP contribution < -0.4 is 0 Å². The van der Waals surface area contributed by atoms with Gasteiger partial charge in [-0.15, -0.1) is 12.6 Å². The summed E-state index contributed by atoms with van der Waals surface area (Å²) in [5.41, 5.74) is 2.73. The lowest BCUT2D eigenvalue weighted by Crippen LogP contribution is -1.98. The second-order valence-corrected chi connectivity index (χ2v) is 4.55. The molecule has 0 saturated heterocycles. The molecule has 1 aliphatic rings. The molecule has 1 nitrogen and oxygen atoms in total. The molecule has 2 aromatic carbocycles. The first-order valence-electron chi connectivity index (χ1n) is 5.52. The maximum atomic E-state index is 12.9. The summed E-state index contributed by atoms with van der Waals surface area (Å²) in [6.45, 7) is 0. The zero-order valence-corrected chi connectivity index (χ0v) is 10.2. The fraction of sp³-hybridized carbons (Fsp3) is 0. The van der Waals surface area contributed by atoms with E-state index in [0.29, 0.717) is 21.6 Å². The van der Waals surface area contributed by atoms with Crippen molar-refractivity contribution in [3.63, 3.8) is 0 Å². The minimum Gasteiger partial charge on any atom is -0.289 e. The molecule has 0 radical (unpaired) electrons. The standard InChI is InChI=1S/C15H9FOS/c16-10-7-5-9(6-8-10)13-14(17)11-3-1-2-4-12(11)15(13)18/h1-8,18H. The molecule has 18 heavy (non-hydrogen) atoms. The molecule has 0 bridgehead atoms. The van der Waals surface area contributed by atoms with Crippen LogP contribution in [0.4, 0.5) is 4.39 Å². The van der Waals surface area contributed by atoms with Crippen LogP contribution in [0.3, 0.4) is 0 Å². The van der Waals surface area contributed by atoms with Gasteiger partial charge in [0.05, 0.1) is 0 Å². The molecular weight excluding hydrogens is 247 g/mol. The van der Waals surface area contributed by atoms with Gasteiger partial charge in [-0.1, -0.05) is 36.4 Å². The summed E-state index contributed by atoms with van der Waals surface area (Å²) in [6.07, 6.45) is 0. The number of allylic oxidation sites excluding steroid dienone is 1. The van der Waals surface area contributed by atoms with Crippen LogP contribution in [0.1, 0.15) is 21.5 Å². The van der Waals surface area contributed by atoms with Gasteiger partial charge < -0.3 is 0 Å². The van der Waals surface area contributed by atoms with Crippen molar-refractivity contribution < 1.29 is 9.18 Å². The van der Waals surface area contributed by atoms with E-state index in [9.17, 15) is 9.18 Å². The number of ketones is 1. The van der Waals surface area contributed by atoms with Crippen LogP contribution >= 0.6 is 12.6 Å². The molecule has 0 N–H and O–H groups in total. The highest BCUT2D eigenvalue weighted by molar-refractivity contribution is 7.91. The maximum Gasteiger partial charge on any atom is 0.195 e. The molecule has 2 aromatic rings. The molecule has 0 aromatic heterocycles. The van der Waals surface area contributed by atoms with Crippen LogP contribution in [-0.2, 0) is 0 Å². The number of carbonyl (C=O) groups excluding carboxylic acids is 1. The van der Waals surface area contributed by atoms with Crippen molar-refractivity contribution in [2.24, 2.45) is 0 Å². The van der Waals surface area contributed by atoms with Crippen LogP contribution in [-0.4, -0.2) is 5.78 Å². The molecule has 88 valence electrons. The number of fused-ring (bicyclic) bond motifs is 1. The third kappa shape index (κ3) is 1.59. The molecule has 0 heterocycles. The minimum atomic E-state index is -0.317. The highest BCUT2D eigenvalue weighted by Crippen LogP contribution is 2.40. The van der Waals surface area contributed by atoms with E-state index in [1.165, 1.54) is 12.1 Å². The van der Waals surface area contributed by atoms with Gasteiger partial charge in [0, 0.05) is 16.0 Å². The summed E-state index contributed by atoms with van der Waals surface area (Å²) in [6, 6.07) is 13.2. The van der Waals surface area contributed by atoms with Crippen LogP contribution in [0.2, 0.25) is 0 Å². The first-order valence-corrected chi connectivity index (χ1v) is 5.96. The van der Waals surface area contributed by atoms with E-state index in [1.54, 1.807) is 18.2 Å². The quantitative estimate of drug-likeness (QED) is 0.767. The Hall–Kier alpha value is -1.87. The summed E-state index contributed by atoms with van der Waals surface area (Å²) >= 11 is 4.43. The van der Waals surface area contributed by atoms with Gasteiger partial charge in [-0.3, -0.25) is 4.79 Å². The van der Waals surface area contributed by atoms with Crippen LogP contribution in [0, 0.1) is 5.82 Å². The van der Waals surface area contributed by atoms with Crippen molar-refractivity contribution in [3.8, 4) is 0 Å². The van der Waals surface area contributed by atoms with E-state index >= 15 is 0 Å². The Balaban J connectivity index is 2.18. The molecule has 0 amide bonds. The van der Waals surface area contributed by atoms with E-state index in [2.05, 4.69) is 12.6 Å². The Morgan fingerprint density at radius 3 is 2.11 bits per heavy atom. The van der Waals surface area contributed by atoms with Crippen molar-refractivity contribution in [3.05, 3.63) is 71.0 Å². The van der Waals surface area contributed by atoms with Gasteiger partial charge in [0.25, 0.3) is 0 Å². The van der Waals surface area contributed by atoms with Gasteiger partial charge >= 0.3 is 0 Å². The molecule has 0 aliphatic heterocycles. The van der Waals surface area contributed by atoms with Crippen LogP contribution in [0.5, 0.6) is 0 Å². The summed E-state index contributed by atoms with van der Waals surface area (Å²) in [5.74, 6) is -0.370. The van der Waals surface area contributed by atoms with Crippen molar-refractivity contribution in [1.82, 2.24) is 0 Å². The number of carbonyl (C=O) groups is 1. The molecule has 3 rings (SSSR count). The average Bonchev–Trinajstić information content (AvgIpc) is 2.64. The highest BCUT2D eigenvalue weighted by Gasteiger charge is 2.28. The molecule has 1 aliphatic carbocycles. The zero-order valence-electron chi connectivity index (χ0n) is 9.35. The topological polar surface area (TPSA) is 17.1 Å². The predicted octanol–water partition coefficient (Wildman–Crippen LogP) is 3.82. The third-order valence-electron chi connectivity index (χ3n) is 3.02. The number of hydrogen-bond acceptors (Lipinski definition) is 2. The number of Topliss-reactive ketones (excluding diaryl/α,β-unsaturated/α-hetero) is 1. The fourth-order valence-electron chi connectivity index (χ4n) is 2.15. The van der Waals surface area contributed by atoms with Crippen molar-refractivity contribution >= 4 is 28.9 Å². The molecule has 3 heteroatoms. The second kappa shape index (κ2) is 4.10. The number of rotatable bonds is 1. The second-order valence-electron chi connectivity index (χ2n) is 4.11. The van der Waals surface area contributed by atoms with E-state index in [1.807, 2.05) is 18.2 Å². The lowest BCUT2D eigenvalue weighted by atomic mass is 10.0. The maximum absolute atomic E-state index is 12.9. The zero-order chi connectivity index (χ0) is 12.7. The number of hydrogen-bond donors (Lipinski definition) is 1. The molecular formula is C15H9FOS. The summed E-state index contributed by atoms with van der Waals surface area (Å²) in [5, 5.41) is 0. The monoisotopic (exact) mass is 256 g/mol. The Bertz CT molecular complexity index is 671. The van der Waals surface area contributed by atoms with Gasteiger partial charge in [-0.2, -0.15) is 0 Å². The molecule has 0 spiro atoms. The minimum absolute atomic E-state index is 0.0535. The highest BCUT2D eigenvalue weighted by atomic mass is 32.1. The average molecular weight is 256 g/mol. The van der Waals surface area contributed by atoms with Gasteiger partial charge in [0.15, 0.2) is 5.78 Å². The predicted molar refractivity (Wildman–Crippen MR) is 73.0 cm³/mol. The number of thiol groups is 1. The van der Waals surface area contributed by atoms with Crippen molar-refractivity contribution in [1.29, 1.82) is 0 Å². The van der Waals surface area contributed by atoms with E-state index in [0.717, 1.165) is 5.56 Å². The Morgan fingerprint density at radius 1 is 0.889 bits per heavy atom. The largest absolute Gasteiger partial charge is 0.289 e. The Labute approximate surface area is 109 Å². The van der Waals surface area contributed by atoms with Crippen LogP contribution in [0.25, 0.3) is 10.5 Å². The number of halogens is 1. The van der Waals surface area contributed by atoms with Gasteiger partial charge in [0.1, 0.15) is 5.82 Å². The SMILES string of the molecule is O=C1C(c2ccc(F)cc2)=C(S)c2ccccc21. The smallest absolute Gasteiger partial charge is 0.195 e. The van der Waals surface area contributed by atoms with Crippen molar-refractivity contribution in [2.45, 2.75) is 0 Å². The van der Waals surface area contributed by atoms with Gasteiger partial charge in [0.2, 0.25) is 0 Å². The molecule has 0 unspecified atom stereocenters. The lowest BCUT2D eigenvalue weighted by Gasteiger charge is -2.02. The number of benzene rings is 2. The molecule has 0 fully saturated rings. The summed E-state index contributed by atoms with van der Waals surface area (Å²) < 4.78 is 12.9. The molecule has 0 saturated carbocycles. The van der Waals surface area contributed by atoms with E-state index in [-0.39, 0.29) is 11.6 Å². The van der Waals surface area contributed by atoms with E-state index < -0.39 is 0 Å². The summed E-state index contributed by atoms with van der Waals surface area (Å²) in [7, 11) is 0.